The average Bonchev–Trinajstić information content (AvgIpc) is 3.23. The largest absolute Gasteiger partial charge is 0.334 e. The molecule has 7 heteroatoms. The molecule has 3 heterocycles. The number of carbonyl (C=O) groups excluding carboxylic acids is 1. The van der Waals surface area contributed by atoms with Gasteiger partial charge < -0.3 is 10.2 Å². The van der Waals surface area contributed by atoms with Gasteiger partial charge in [0.2, 0.25) is 0 Å². The van der Waals surface area contributed by atoms with Gasteiger partial charge in [-0.15, -0.1) is 0 Å². The molecule has 6 nitrogen and oxygen atoms in total. The van der Waals surface area contributed by atoms with E-state index in [1.54, 1.807) is 4.57 Å². The Labute approximate surface area is 165 Å². The number of para-hydroxylation sites is 1. The highest BCUT2D eigenvalue weighted by atomic mass is 32.1. The second kappa shape index (κ2) is 6.45. The normalized spacial score (nSPS) is 17.0. The van der Waals surface area contributed by atoms with Gasteiger partial charge in [0, 0.05) is 16.9 Å². The van der Waals surface area contributed by atoms with Crippen LogP contribution in [-0.4, -0.2) is 17.1 Å². The monoisotopic (exact) mass is 390 g/mol. The highest BCUT2D eigenvalue weighted by molar-refractivity contribution is 7.07. The molecule has 0 saturated carbocycles. The Morgan fingerprint density at radius 2 is 1.89 bits per heavy atom. The number of aromatic nitrogens is 1. The summed E-state index contributed by atoms with van der Waals surface area (Å²) in [4.78, 5) is 32.9. The first-order valence-electron chi connectivity index (χ1n) is 9.19. The number of fused-ring (bicyclic) bond motifs is 2. The third-order valence-electron chi connectivity index (χ3n) is 5.16. The van der Waals surface area contributed by atoms with Crippen LogP contribution in [0.3, 0.4) is 0 Å². The van der Waals surface area contributed by atoms with Gasteiger partial charge in [0.1, 0.15) is 17.9 Å². The quantitative estimate of drug-likeness (QED) is 0.724. The van der Waals surface area contributed by atoms with E-state index in [-0.39, 0.29) is 11.5 Å². The van der Waals surface area contributed by atoms with E-state index < -0.39 is 0 Å². The number of aryl methyl sites for hydroxylation is 1. The minimum absolute atomic E-state index is 0.166. The lowest BCUT2D eigenvalue weighted by Crippen LogP contribution is -2.43. The lowest BCUT2D eigenvalue weighted by atomic mass is 10.1. The van der Waals surface area contributed by atoms with Gasteiger partial charge in [-0.05, 0) is 30.2 Å². The summed E-state index contributed by atoms with van der Waals surface area (Å²) in [5.41, 5.74) is 4.10. The van der Waals surface area contributed by atoms with Crippen molar-refractivity contribution in [2.75, 3.05) is 16.9 Å². The maximum atomic E-state index is 13.1. The predicted octanol–water partition coefficient (Wildman–Crippen LogP) is 1.68. The van der Waals surface area contributed by atoms with E-state index in [1.165, 1.54) is 16.9 Å². The van der Waals surface area contributed by atoms with Gasteiger partial charge in [-0.2, -0.15) is 0 Å². The highest BCUT2D eigenvalue weighted by Gasteiger charge is 2.27. The van der Waals surface area contributed by atoms with Crippen molar-refractivity contribution in [1.29, 1.82) is 0 Å². The number of thiazole rings is 1. The molecular formula is C21H18N4O2S. The van der Waals surface area contributed by atoms with Crippen LogP contribution in [0.2, 0.25) is 0 Å². The Kier molecular flexibility index (Phi) is 3.91. The molecule has 0 unspecified atom stereocenters. The predicted molar refractivity (Wildman–Crippen MR) is 110 cm³/mol. The van der Waals surface area contributed by atoms with E-state index in [4.69, 9.17) is 0 Å². The molecule has 2 aliphatic heterocycles. The van der Waals surface area contributed by atoms with Crippen molar-refractivity contribution in [3.8, 4) is 0 Å². The number of rotatable bonds is 2. The minimum Gasteiger partial charge on any atom is -0.334 e. The van der Waals surface area contributed by atoms with Gasteiger partial charge >= 0.3 is 0 Å². The Balaban J connectivity index is 1.60. The number of hydrogen-bond acceptors (Lipinski definition) is 5. The third-order valence-corrected chi connectivity index (χ3v) is 6.28. The number of nitrogens with zero attached hydrogens (tertiary/aromatic N) is 3. The fourth-order valence-electron chi connectivity index (χ4n) is 3.61. The molecule has 0 atom stereocenters. The summed E-state index contributed by atoms with van der Waals surface area (Å²) in [6.45, 7) is 3.04. The maximum Gasteiger partial charge on any atom is 0.272 e. The van der Waals surface area contributed by atoms with E-state index in [0.717, 1.165) is 23.4 Å². The van der Waals surface area contributed by atoms with Gasteiger partial charge in [-0.1, -0.05) is 48.6 Å². The van der Waals surface area contributed by atoms with E-state index in [9.17, 15) is 9.59 Å². The first-order valence-corrected chi connectivity index (χ1v) is 10.0. The van der Waals surface area contributed by atoms with Crippen LogP contribution in [0.25, 0.3) is 5.57 Å². The van der Waals surface area contributed by atoms with Gasteiger partial charge in [-0.25, -0.2) is 4.99 Å². The van der Waals surface area contributed by atoms with Crippen LogP contribution in [0.5, 0.6) is 0 Å². The molecular weight excluding hydrogens is 372 g/mol. The standard InChI is InChI=1S/C21H18N4O2S/c1-2-13-7-9-14(10-8-13)24-11-22-21-25(12-24)20(27)18(28-21)17-15-5-3-4-6-16(15)23-19(17)26/h3-10H,2,11-12H2,1H3,(H,23,26)/b18-17+. The van der Waals surface area contributed by atoms with E-state index >= 15 is 0 Å². The van der Waals surface area contributed by atoms with Crippen molar-refractivity contribution >= 4 is 34.2 Å². The molecule has 28 heavy (non-hydrogen) atoms. The van der Waals surface area contributed by atoms with Gasteiger partial charge in [0.15, 0.2) is 4.80 Å². The molecule has 2 aliphatic rings. The summed E-state index contributed by atoms with van der Waals surface area (Å²) in [5.74, 6) is -0.232. The molecule has 1 amide bonds. The second-order valence-electron chi connectivity index (χ2n) is 6.82. The van der Waals surface area contributed by atoms with Crippen molar-refractivity contribution in [2.45, 2.75) is 20.0 Å². The van der Waals surface area contributed by atoms with E-state index in [2.05, 4.69) is 46.4 Å². The summed E-state index contributed by atoms with van der Waals surface area (Å²) >= 11 is 1.29. The second-order valence-corrected chi connectivity index (χ2v) is 7.80. The lowest BCUT2D eigenvalue weighted by molar-refractivity contribution is -0.110. The van der Waals surface area contributed by atoms with Crippen molar-refractivity contribution in [3.63, 3.8) is 0 Å². The first-order chi connectivity index (χ1) is 13.7. The number of carbonyl (C=O) groups is 1. The fourth-order valence-corrected chi connectivity index (χ4v) is 4.67. The Bertz CT molecular complexity index is 1270. The molecule has 0 aliphatic carbocycles. The summed E-state index contributed by atoms with van der Waals surface area (Å²) in [5, 5.41) is 2.84. The molecule has 0 radical (unpaired) electrons. The number of benzene rings is 2. The molecule has 1 aromatic heterocycles. The molecule has 2 aromatic carbocycles. The Morgan fingerprint density at radius 1 is 1.11 bits per heavy atom. The van der Waals surface area contributed by atoms with Crippen molar-refractivity contribution in [3.05, 3.63) is 79.3 Å². The average molecular weight is 390 g/mol. The minimum atomic E-state index is -0.232. The van der Waals surface area contributed by atoms with Crippen LogP contribution < -0.4 is 25.1 Å². The molecule has 0 saturated heterocycles. The molecule has 1 N–H and O–H groups in total. The molecule has 0 bridgehead atoms. The molecule has 3 aromatic rings. The number of anilines is 2. The lowest BCUT2D eigenvalue weighted by Gasteiger charge is -2.25. The van der Waals surface area contributed by atoms with Crippen LogP contribution in [0, 0.1) is 0 Å². The number of amides is 1. The summed E-state index contributed by atoms with van der Waals surface area (Å²) in [7, 11) is 0. The van der Waals surface area contributed by atoms with Gasteiger partial charge in [-0.3, -0.25) is 14.2 Å². The number of hydrogen-bond donors (Lipinski definition) is 1. The summed E-state index contributed by atoms with van der Waals surface area (Å²) in [6, 6.07) is 15.8. The first kappa shape index (κ1) is 16.9. The summed E-state index contributed by atoms with van der Waals surface area (Å²) < 4.78 is 2.10. The van der Waals surface area contributed by atoms with Gasteiger partial charge in [0.25, 0.3) is 11.5 Å². The van der Waals surface area contributed by atoms with E-state index in [1.807, 2.05) is 24.3 Å². The SMILES string of the molecule is CCc1ccc(N2CN=c3s/c(=C4/C(=O)Nc5ccccc54)c(=O)n3C2)cc1. The Morgan fingerprint density at radius 3 is 2.68 bits per heavy atom. The third kappa shape index (κ3) is 2.58. The van der Waals surface area contributed by atoms with Crippen molar-refractivity contribution in [2.24, 2.45) is 4.99 Å². The smallest absolute Gasteiger partial charge is 0.272 e. The van der Waals surface area contributed by atoms with Crippen LogP contribution in [-0.2, 0) is 17.9 Å². The van der Waals surface area contributed by atoms with E-state index in [0.29, 0.717) is 28.2 Å². The molecule has 140 valence electrons. The topological polar surface area (TPSA) is 66.7 Å². The van der Waals surface area contributed by atoms with Crippen LogP contribution in [0.15, 0.2) is 58.3 Å². The maximum absolute atomic E-state index is 13.1. The van der Waals surface area contributed by atoms with Crippen LogP contribution in [0.1, 0.15) is 18.1 Å². The van der Waals surface area contributed by atoms with Crippen LogP contribution >= 0.6 is 11.3 Å². The highest BCUT2D eigenvalue weighted by Crippen LogP contribution is 2.29. The van der Waals surface area contributed by atoms with Gasteiger partial charge in [0.05, 0.1) is 5.57 Å². The summed E-state index contributed by atoms with van der Waals surface area (Å²) in [6.07, 6.45) is 0.990. The van der Waals surface area contributed by atoms with Crippen molar-refractivity contribution < 1.29 is 4.79 Å². The fraction of sp³-hybridized carbons (Fsp3) is 0.190. The molecule has 0 fully saturated rings. The van der Waals surface area contributed by atoms with Crippen LogP contribution in [0.4, 0.5) is 11.4 Å². The number of nitrogens with one attached hydrogen (secondary N) is 1. The zero-order valence-corrected chi connectivity index (χ0v) is 16.1. The Hall–Kier alpha value is -3.19. The van der Waals surface area contributed by atoms with Crippen molar-refractivity contribution in [1.82, 2.24) is 4.57 Å². The zero-order valence-electron chi connectivity index (χ0n) is 15.3. The molecule has 0 spiro atoms. The molecule has 5 rings (SSSR count). The zero-order chi connectivity index (χ0) is 19.3.